The van der Waals surface area contributed by atoms with Crippen LogP contribution in [0.3, 0.4) is 0 Å². The van der Waals surface area contributed by atoms with Crippen molar-refractivity contribution in [3.05, 3.63) is 35.9 Å². The summed E-state index contributed by atoms with van der Waals surface area (Å²) in [4.78, 5) is 26.1. The van der Waals surface area contributed by atoms with Crippen molar-refractivity contribution in [3.8, 4) is 0 Å². The summed E-state index contributed by atoms with van der Waals surface area (Å²) in [5.74, 6) is 0.336. The minimum absolute atomic E-state index is 0.0168. The van der Waals surface area contributed by atoms with E-state index in [1.165, 1.54) is 5.56 Å². The van der Waals surface area contributed by atoms with Crippen LogP contribution in [-0.2, 0) is 16.0 Å². The van der Waals surface area contributed by atoms with Crippen LogP contribution < -0.4 is 5.32 Å². The van der Waals surface area contributed by atoms with Crippen LogP contribution in [0.4, 0.5) is 0 Å². The fourth-order valence-corrected chi connectivity index (χ4v) is 2.23. The monoisotopic (exact) mass is 304 g/mol. The largest absolute Gasteiger partial charge is 0.354 e. The summed E-state index contributed by atoms with van der Waals surface area (Å²) in [5.41, 5.74) is 1.17. The molecule has 2 amide bonds. The molecule has 0 heterocycles. The van der Waals surface area contributed by atoms with Gasteiger partial charge in [0.2, 0.25) is 11.8 Å². The highest BCUT2D eigenvalue weighted by molar-refractivity contribution is 5.87. The lowest BCUT2D eigenvalue weighted by molar-refractivity contribution is -0.139. The Kier molecular flexibility index (Phi) is 7.64. The van der Waals surface area contributed by atoms with Crippen molar-refractivity contribution in [2.45, 2.75) is 46.6 Å². The van der Waals surface area contributed by atoms with Crippen LogP contribution in [0.25, 0.3) is 0 Å². The fraction of sp³-hybridized carbons (Fsp3) is 0.556. The Morgan fingerprint density at radius 2 is 1.77 bits per heavy atom. The summed E-state index contributed by atoms with van der Waals surface area (Å²) >= 11 is 0. The first kappa shape index (κ1) is 18.2. The number of hydrogen-bond donors (Lipinski definition) is 1. The van der Waals surface area contributed by atoms with Gasteiger partial charge in [-0.3, -0.25) is 9.59 Å². The SMILES string of the molecule is CCC(=O)N(CCc1ccccc1)[C@H](C)C(=O)NCC(C)C. The van der Waals surface area contributed by atoms with Crippen LogP contribution in [0, 0.1) is 5.92 Å². The molecule has 1 N–H and O–H groups in total. The van der Waals surface area contributed by atoms with E-state index in [0.29, 0.717) is 25.4 Å². The number of hydrogen-bond acceptors (Lipinski definition) is 2. The third kappa shape index (κ3) is 5.88. The molecule has 1 rings (SSSR count). The van der Waals surface area contributed by atoms with Gasteiger partial charge in [0.05, 0.1) is 0 Å². The maximum atomic E-state index is 12.2. The van der Waals surface area contributed by atoms with Gasteiger partial charge in [-0.15, -0.1) is 0 Å². The second kappa shape index (κ2) is 9.23. The Morgan fingerprint density at radius 1 is 1.14 bits per heavy atom. The molecule has 0 radical (unpaired) electrons. The fourth-order valence-electron chi connectivity index (χ4n) is 2.23. The molecule has 22 heavy (non-hydrogen) atoms. The molecule has 0 unspecified atom stereocenters. The topological polar surface area (TPSA) is 49.4 Å². The first-order valence-electron chi connectivity index (χ1n) is 8.06. The molecule has 0 aliphatic rings. The van der Waals surface area contributed by atoms with Gasteiger partial charge in [-0.1, -0.05) is 51.1 Å². The number of rotatable bonds is 8. The van der Waals surface area contributed by atoms with E-state index in [-0.39, 0.29) is 11.8 Å². The van der Waals surface area contributed by atoms with Crippen molar-refractivity contribution < 1.29 is 9.59 Å². The molecule has 1 aromatic rings. The Morgan fingerprint density at radius 3 is 2.32 bits per heavy atom. The van der Waals surface area contributed by atoms with E-state index < -0.39 is 6.04 Å². The van der Waals surface area contributed by atoms with E-state index in [1.807, 2.05) is 37.3 Å². The third-order valence-electron chi connectivity index (χ3n) is 3.64. The zero-order chi connectivity index (χ0) is 16.5. The lowest BCUT2D eigenvalue weighted by atomic mass is 10.1. The van der Waals surface area contributed by atoms with Crippen LogP contribution in [0.1, 0.15) is 39.7 Å². The predicted molar refractivity (Wildman–Crippen MR) is 89.5 cm³/mol. The van der Waals surface area contributed by atoms with E-state index in [2.05, 4.69) is 19.2 Å². The summed E-state index contributed by atoms with van der Waals surface area (Å²) in [5, 5.41) is 2.91. The molecule has 0 aliphatic carbocycles. The standard InChI is InChI=1S/C18H28N2O2/c1-5-17(21)20(12-11-16-9-7-6-8-10-16)15(4)18(22)19-13-14(2)3/h6-10,14-15H,5,11-13H2,1-4H3,(H,19,22)/t15-/m1/s1. The van der Waals surface area contributed by atoms with E-state index in [4.69, 9.17) is 0 Å². The molecule has 4 heteroatoms. The van der Waals surface area contributed by atoms with E-state index >= 15 is 0 Å². The zero-order valence-electron chi connectivity index (χ0n) is 14.1. The predicted octanol–water partition coefficient (Wildman–Crippen LogP) is 2.63. The van der Waals surface area contributed by atoms with E-state index in [0.717, 1.165) is 6.42 Å². The maximum Gasteiger partial charge on any atom is 0.242 e. The van der Waals surface area contributed by atoms with Crippen molar-refractivity contribution in [1.82, 2.24) is 10.2 Å². The van der Waals surface area contributed by atoms with Gasteiger partial charge >= 0.3 is 0 Å². The highest BCUT2D eigenvalue weighted by atomic mass is 16.2. The van der Waals surface area contributed by atoms with Gasteiger partial charge in [-0.2, -0.15) is 0 Å². The number of amides is 2. The van der Waals surface area contributed by atoms with Gasteiger partial charge in [-0.25, -0.2) is 0 Å². The summed E-state index contributed by atoms with van der Waals surface area (Å²) in [6, 6.07) is 9.59. The summed E-state index contributed by atoms with van der Waals surface area (Å²) in [7, 11) is 0. The van der Waals surface area contributed by atoms with Crippen LogP contribution >= 0.6 is 0 Å². The average molecular weight is 304 g/mol. The van der Waals surface area contributed by atoms with Crippen molar-refractivity contribution in [1.29, 1.82) is 0 Å². The third-order valence-corrected chi connectivity index (χ3v) is 3.64. The van der Waals surface area contributed by atoms with Crippen LogP contribution in [0.2, 0.25) is 0 Å². The van der Waals surface area contributed by atoms with Gasteiger partial charge in [0, 0.05) is 19.5 Å². The Hall–Kier alpha value is -1.84. The van der Waals surface area contributed by atoms with Crippen molar-refractivity contribution >= 4 is 11.8 Å². The number of nitrogens with zero attached hydrogens (tertiary/aromatic N) is 1. The molecule has 0 spiro atoms. The van der Waals surface area contributed by atoms with Crippen molar-refractivity contribution in [2.24, 2.45) is 5.92 Å². The Bertz CT molecular complexity index is 471. The molecule has 0 saturated carbocycles. The zero-order valence-corrected chi connectivity index (χ0v) is 14.1. The normalized spacial score (nSPS) is 12.0. The van der Waals surface area contributed by atoms with Gasteiger partial charge in [0.15, 0.2) is 0 Å². The molecule has 0 bridgehead atoms. The lowest BCUT2D eigenvalue weighted by Gasteiger charge is -2.28. The molecule has 0 aromatic heterocycles. The molecular weight excluding hydrogens is 276 g/mol. The highest BCUT2D eigenvalue weighted by Gasteiger charge is 2.24. The van der Waals surface area contributed by atoms with E-state index in [9.17, 15) is 9.59 Å². The highest BCUT2D eigenvalue weighted by Crippen LogP contribution is 2.07. The number of benzene rings is 1. The molecule has 1 atom stereocenters. The molecule has 1 aromatic carbocycles. The smallest absolute Gasteiger partial charge is 0.242 e. The van der Waals surface area contributed by atoms with Gasteiger partial charge in [0.1, 0.15) is 6.04 Å². The van der Waals surface area contributed by atoms with Crippen molar-refractivity contribution in [2.75, 3.05) is 13.1 Å². The van der Waals surface area contributed by atoms with Crippen LogP contribution in [0.5, 0.6) is 0 Å². The molecule has 0 saturated heterocycles. The van der Waals surface area contributed by atoms with Gasteiger partial charge in [0.25, 0.3) is 0 Å². The molecule has 4 nitrogen and oxygen atoms in total. The Balaban J connectivity index is 2.66. The summed E-state index contributed by atoms with van der Waals surface area (Å²) in [6.45, 7) is 8.93. The second-order valence-electron chi connectivity index (χ2n) is 5.99. The number of carbonyl (C=O) groups is 2. The maximum absolute atomic E-state index is 12.2. The molecular formula is C18H28N2O2. The average Bonchev–Trinajstić information content (AvgIpc) is 2.53. The van der Waals surface area contributed by atoms with E-state index in [1.54, 1.807) is 11.8 Å². The minimum atomic E-state index is -0.435. The van der Waals surface area contributed by atoms with Crippen molar-refractivity contribution in [3.63, 3.8) is 0 Å². The first-order chi connectivity index (χ1) is 10.5. The number of nitrogens with one attached hydrogen (secondary N) is 1. The van der Waals surface area contributed by atoms with Crippen LogP contribution in [-0.4, -0.2) is 35.8 Å². The quantitative estimate of drug-likeness (QED) is 0.802. The first-order valence-corrected chi connectivity index (χ1v) is 8.06. The second-order valence-corrected chi connectivity index (χ2v) is 5.99. The summed E-state index contributed by atoms with van der Waals surface area (Å²) < 4.78 is 0. The Labute approximate surface area is 133 Å². The lowest BCUT2D eigenvalue weighted by Crippen LogP contribution is -2.49. The molecule has 0 aliphatic heterocycles. The van der Waals surface area contributed by atoms with Crippen LogP contribution in [0.15, 0.2) is 30.3 Å². The van der Waals surface area contributed by atoms with Gasteiger partial charge < -0.3 is 10.2 Å². The minimum Gasteiger partial charge on any atom is -0.354 e. The molecule has 122 valence electrons. The van der Waals surface area contributed by atoms with Gasteiger partial charge in [-0.05, 0) is 24.8 Å². The summed E-state index contributed by atoms with van der Waals surface area (Å²) in [6.07, 6.45) is 1.17. The number of carbonyl (C=O) groups excluding carboxylic acids is 2. The molecule has 0 fully saturated rings.